The van der Waals surface area contributed by atoms with E-state index in [0.29, 0.717) is 11.1 Å². The molecule has 8 heteroatoms. The van der Waals surface area contributed by atoms with Crippen molar-refractivity contribution in [2.75, 3.05) is 13.2 Å². The lowest BCUT2D eigenvalue weighted by atomic mass is 9.95. The number of sulfonamides is 1. The van der Waals surface area contributed by atoms with Gasteiger partial charge < -0.3 is 9.84 Å². The summed E-state index contributed by atoms with van der Waals surface area (Å²) >= 11 is 3.21. The highest BCUT2D eigenvalue weighted by Crippen LogP contribution is 2.28. The minimum absolute atomic E-state index is 0.0279. The number of benzene rings is 1. The second kappa shape index (κ2) is 6.76. The first-order valence-corrected chi connectivity index (χ1v) is 8.53. The third kappa shape index (κ3) is 4.69. The Morgan fingerprint density at radius 1 is 1.43 bits per heavy atom. The van der Waals surface area contributed by atoms with E-state index in [4.69, 9.17) is 9.84 Å². The molecule has 0 unspecified atom stereocenters. The number of carboxylic acids is 1. The first-order chi connectivity index (χ1) is 9.60. The van der Waals surface area contributed by atoms with Crippen molar-refractivity contribution in [1.29, 1.82) is 0 Å². The van der Waals surface area contributed by atoms with E-state index in [2.05, 4.69) is 20.7 Å². The zero-order valence-electron chi connectivity index (χ0n) is 12.0. The summed E-state index contributed by atoms with van der Waals surface area (Å²) in [6.07, 6.45) is 0. The van der Waals surface area contributed by atoms with Crippen LogP contribution in [0, 0.1) is 5.41 Å². The van der Waals surface area contributed by atoms with Crippen LogP contribution in [-0.4, -0.2) is 32.6 Å². The highest BCUT2D eigenvalue weighted by Gasteiger charge is 2.30. The number of aliphatic carboxylic acids is 1. The Bertz CT molecular complexity index is 627. The number of carboxylic acid groups (broad SMARTS) is 1. The second-order valence-corrected chi connectivity index (χ2v) is 7.69. The van der Waals surface area contributed by atoms with E-state index >= 15 is 0 Å². The maximum Gasteiger partial charge on any atom is 0.310 e. The molecule has 0 amide bonds. The Kier molecular flexibility index (Phi) is 5.77. The Hall–Kier alpha value is -1.12. The van der Waals surface area contributed by atoms with Crippen LogP contribution in [0.1, 0.15) is 20.8 Å². The molecule has 118 valence electrons. The molecule has 0 aliphatic heterocycles. The highest BCUT2D eigenvalue weighted by molar-refractivity contribution is 9.10. The Balaban J connectivity index is 3.08. The maximum atomic E-state index is 12.3. The zero-order valence-corrected chi connectivity index (χ0v) is 14.4. The van der Waals surface area contributed by atoms with Gasteiger partial charge in [-0.05, 0) is 39.0 Å². The zero-order chi connectivity index (χ0) is 16.3. The fraction of sp³-hybridized carbons (Fsp3) is 0.462. The van der Waals surface area contributed by atoms with E-state index in [9.17, 15) is 13.2 Å². The van der Waals surface area contributed by atoms with E-state index in [1.807, 2.05) is 0 Å². The monoisotopic (exact) mass is 379 g/mol. The standard InChI is InChI=1S/C13H18BrNO5S/c1-4-20-10-6-5-9(14)7-11(10)21(18,19)15-8-13(2,3)12(16)17/h5-7,15H,4,8H2,1-3H3,(H,16,17). The largest absolute Gasteiger partial charge is 0.492 e. The molecule has 1 aromatic carbocycles. The summed E-state index contributed by atoms with van der Waals surface area (Å²) in [5.74, 6) is -0.856. The van der Waals surface area contributed by atoms with Crippen LogP contribution in [0.15, 0.2) is 27.6 Å². The van der Waals surface area contributed by atoms with Crippen LogP contribution in [0.5, 0.6) is 5.75 Å². The summed E-state index contributed by atoms with van der Waals surface area (Å²) in [5, 5.41) is 9.02. The van der Waals surface area contributed by atoms with Gasteiger partial charge in [0.05, 0.1) is 12.0 Å². The van der Waals surface area contributed by atoms with E-state index < -0.39 is 21.4 Å². The topological polar surface area (TPSA) is 92.7 Å². The van der Waals surface area contributed by atoms with Crippen LogP contribution < -0.4 is 9.46 Å². The molecule has 0 atom stereocenters. The van der Waals surface area contributed by atoms with Crippen molar-refractivity contribution in [3.8, 4) is 5.75 Å². The van der Waals surface area contributed by atoms with Gasteiger partial charge >= 0.3 is 5.97 Å². The van der Waals surface area contributed by atoms with E-state index in [-0.39, 0.29) is 17.2 Å². The third-order valence-corrected chi connectivity index (χ3v) is 4.69. The van der Waals surface area contributed by atoms with Gasteiger partial charge in [-0.2, -0.15) is 0 Å². The van der Waals surface area contributed by atoms with Crippen LogP contribution in [0.2, 0.25) is 0 Å². The molecule has 0 saturated carbocycles. The lowest BCUT2D eigenvalue weighted by Crippen LogP contribution is -2.39. The van der Waals surface area contributed by atoms with E-state index in [1.165, 1.54) is 19.9 Å². The molecule has 1 aromatic rings. The number of hydrogen-bond donors (Lipinski definition) is 2. The van der Waals surface area contributed by atoms with Gasteiger partial charge in [0.1, 0.15) is 10.6 Å². The molecule has 2 N–H and O–H groups in total. The fourth-order valence-electron chi connectivity index (χ4n) is 1.40. The maximum absolute atomic E-state index is 12.3. The molecule has 0 fully saturated rings. The van der Waals surface area contributed by atoms with Crippen molar-refractivity contribution in [3.63, 3.8) is 0 Å². The van der Waals surface area contributed by atoms with Crippen molar-refractivity contribution in [3.05, 3.63) is 22.7 Å². The molecule has 0 bridgehead atoms. The quantitative estimate of drug-likeness (QED) is 0.757. The van der Waals surface area contributed by atoms with Gasteiger partial charge in [-0.25, -0.2) is 13.1 Å². The van der Waals surface area contributed by atoms with Gasteiger partial charge in [-0.1, -0.05) is 15.9 Å². The van der Waals surface area contributed by atoms with Crippen molar-refractivity contribution < 1.29 is 23.1 Å². The number of halogens is 1. The summed E-state index contributed by atoms with van der Waals surface area (Å²) in [6, 6.07) is 4.64. The summed E-state index contributed by atoms with van der Waals surface area (Å²) in [7, 11) is -3.87. The number of hydrogen-bond acceptors (Lipinski definition) is 4. The molecule has 0 spiro atoms. The molecule has 0 aliphatic carbocycles. The molecule has 21 heavy (non-hydrogen) atoms. The molecule has 0 heterocycles. The number of nitrogens with one attached hydrogen (secondary N) is 1. The smallest absolute Gasteiger partial charge is 0.310 e. The Morgan fingerprint density at radius 3 is 2.57 bits per heavy atom. The summed E-state index contributed by atoms with van der Waals surface area (Å²) in [6.45, 7) is 4.75. The van der Waals surface area contributed by atoms with Gasteiger partial charge in [0.25, 0.3) is 0 Å². The predicted octanol–water partition coefficient (Wildman–Crippen LogP) is 2.24. The average molecular weight is 380 g/mol. The summed E-state index contributed by atoms with van der Waals surface area (Å²) in [5.41, 5.74) is -1.20. The number of ether oxygens (including phenoxy) is 1. The van der Waals surface area contributed by atoms with E-state index in [1.54, 1.807) is 19.1 Å². The number of carbonyl (C=O) groups is 1. The molecular formula is C13H18BrNO5S. The van der Waals surface area contributed by atoms with Gasteiger partial charge in [-0.3, -0.25) is 4.79 Å². The molecule has 0 radical (unpaired) electrons. The number of rotatable bonds is 7. The van der Waals surface area contributed by atoms with Crippen molar-refractivity contribution in [1.82, 2.24) is 4.72 Å². The third-order valence-electron chi connectivity index (χ3n) is 2.78. The van der Waals surface area contributed by atoms with E-state index in [0.717, 1.165) is 0 Å². The SMILES string of the molecule is CCOc1ccc(Br)cc1S(=O)(=O)NCC(C)(C)C(=O)O. The molecular weight excluding hydrogens is 362 g/mol. The fourth-order valence-corrected chi connectivity index (χ4v) is 3.29. The average Bonchev–Trinajstić information content (AvgIpc) is 2.39. The van der Waals surface area contributed by atoms with Crippen molar-refractivity contribution >= 4 is 31.9 Å². The molecule has 0 saturated heterocycles. The molecule has 1 rings (SSSR count). The van der Waals surface area contributed by atoms with Gasteiger partial charge in [-0.15, -0.1) is 0 Å². The van der Waals surface area contributed by atoms with Crippen LogP contribution in [0.25, 0.3) is 0 Å². The minimum atomic E-state index is -3.87. The first kappa shape index (κ1) is 17.9. The lowest BCUT2D eigenvalue weighted by molar-refractivity contribution is -0.146. The molecule has 0 aromatic heterocycles. The normalized spacial score (nSPS) is 12.2. The first-order valence-electron chi connectivity index (χ1n) is 6.25. The minimum Gasteiger partial charge on any atom is -0.492 e. The van der Waals surface area contributed by atoms with Crippen molar-refractivity contribution in [2.45, 2.75) is 25.7 Å². The Morgan fingerprint density at radius 2 is 2.05 bits per heavy atom. The summed E-state index contributed by atoms with van der Waals surface area (Å²) in [4.78, 5) is 11.0. The molecule has 0 aliphatic rings. The highest BCUT2D eigenvalue weighted by atomic mass is 79.9. The van der Waals surface area contributed by atoms with Crippen molar-refractivity contribution in [2.24, 2.45) is 5.41 Å². The van der Waals surface area contributed by atoms with Crippen LogP contribution in [0.3, 0.4) is 0 Å². The lowest BCUT2D eigenvalue weighted by Gasteiger charge is -2.20. The van der Waals surface area contributed by atoms with Crippen LogP contribution in [-0.2, 0) is 14.8 Å². The second-order valence-electron chi connectivity index (χ2n) is 5.04. The van der Waals surface area contributed by atoms with Crippen LogP contribution >= 0.6 is 15.9 Å². The molecule has 6 nitrogen and oxygen atoms in total. The van der Waals surface area contributed by atoms with Crippen LogP contribution in [0.4, 0.5) is 0 Å². The van der Waals surface area contributed by atoms with Gasteiger partial charge in [0, 0.05) is 11.0 Å². The summed E-state index contributed by atoms with van der Waals surface area (Å²) < 4.78 is 32.9. The predicted molar refractivity (Wildman–Crippen MR) is 81.9 cm³/mol. The van der Waals surface area contributed by atoms with Gasteiger partial charge in [0.15, 0.2) is 0 Å². The Labute approximate surface area is 132 Å². The van der Waals surface area contributed by atoms with Gasteiger partial charge in [0.2, 0.25) is 10.0 Å².